The maximum atomic E-state index is 2.62. The summed E-state index contributed by atoms with van der Waals surface area (Å²) < 4.78 is 1.28. The largest absolute Gasteiger partial charge is 0.302 e. The lowest BCUT2D eigenvalue weighted by Gasteiger charge is -2.39. The van der Waals surface area contributed by atoms with Crippen molar-refractivity contribution in [3.05, 3.63) is 0 Å². The first-order chi connectivity index (χ1) is 5.70. The van der Waals surface area contributed by atoms with Crippen molar-refractivity contribution in [1.82, 2.24) is 4.90 Å². The Morgan fingerprint density at radius 3 is 2.83 bits per heavy atom. The van der Waals surface area contributed by atoms with E-state index < -0.39 is 0 Å². The standard InChI is InChI=1S/C10H20IN/c1-3-10(2)5-4-7-12(9-10)8-6-11/h3-9H2,1-2H3. The van der Waals surface area contributed by atoms with Gasteiger partial charge in [-0.15, -0.1) is 0 Å². The summed E-state index contributed by atoms with van der Waals surface area (Å²) in [4.78, 5) is 2.62. The Labute approximate surface area is 90.0 Å². The molecule has 0 amide bonds. The summed E-state index contributed by atoms with van der Waals surface area (Å²) in [5.74, 6) is 0. The highest BCUT2D eigenvalue weighted by Gasteiger charge is 2.28. The highest BCUT2D eigenvalue weighted by molar-refractivity contribution is 14.1. The van der Waals surface area contributed by atoms with E-state index in [1.807, 2.05) is 0 Å². The number of hydrogen-bond acceptors (Lipinski definition) is 1. The highest BCUT2D eigenvalue weighted by atomic mass is 127. The summed E-state index contributed by atoms with van der Waals surface area (Å²) in [5, 5.41) is 0. The van der Waals surface area contributed by atoms with Gasteiger partial charge in [-0.3, -0.25) is 0 Å². The Balaban J connectivity index is 2.39. The molecule has 12 heavy (non-hydrogen) atoms. The second-order valence-corrected chi connectivity index (χ2v) is 5.31. The normalized spacial score (nSPS) is 32.2. The van der Waals surface area contributed by atoms with Crippen molar-refractivity contribution in [3.63, 3.8) is 0 Å². The lowest BCUT2D eigenvalue weighted by atomic mass is 9.80. The minimum Gasteiger partial charge on any atom is -0.302 e. The van der Waals surface area contributed by atoms with E-state index in [-0.39, 0.29) is 0 Å². The summed E-state index contributed by atoms with van der Waals surface area (Å²) in [6.45, 7) is 8.71. The van der Waals surface area contributed by atoms with Crippen LogP contribution in [0.1, 0.15) is 33.1 Å². The van der Waals surface area contributed by atoms with E-state index >= 15 is 0 Å². The Kier molecular flexibility index (Phi) is 4.30. The van der Waals surface area contributed by atoms with Crippen LogP contribution < -0.4 is 0 Å². The average Bonchev–Trinajstić information content (AvgIpc) is 2.05. The van der Waals surface area contributed by atoms with Gasteiger partial charge in [-0.1, -0.05) is 36.4 Å². The molecule has 72 valence electrons. The number of hydrogen-bond donors (Lipinski definition) is 0. The van der Waals surface area contributed by atoms with Crippen molar-refractivity contribution in [2.45, 2.75) is 33.1 Å². The van der Waals surface area contributed by atoms with E-state index in [4.69, 9.17) is 0 Å². The molecule has 0 radical (unpaired) electrons. The Bertz CT molecular complexity index is 136. The lowest BCUT2D eigenvalue weighted by molar-refractivity contribution is 0.106. The topological polar surface area (TPSA) is 3.24 Å². The van der Waals surface area contributed by atoms with E-state index in [9.17, 15) is 0 Å². The van der Waals surface area contributed by atoms with Crippen LogP contribution in [-0.2, 0) is 0 Å². The first kappa shape index (κ1) is 10.8. The monoisotopic (exact) mass is 281 g/mol. The first-order valence-corrected chi connectivity index (χ1v) is 6.51. The van der Waals surface area contributed by atoms with E-state index in [2.05, 4.69) is 41.3 Å². The van der Waals surface area contributed by atoms with Gasteiger partial charge in [-0.25, -0.2) is 0 Å². The summed E-state index contributed by atoms with van der Waals surface area (Å²) in [5.41, 5.74) is 0.615. The second kappa shape index (κ2) is 4.80. The molecule has 0 aromatic heterocycles. The van der Waals surface area contributed by atoms with Crippen LogP contribution in [0.15, 0.2) is 0 Å². The van der Waals surface area contributed by atoms with Crippen LogP contribution in [0.2, 0.25) is 0 Å². The molecule has 0 aromatic carbocycles. The molecule has 0 spiro atoms. The second-order valence-electron chi connectivity index (χ2n) is 4.23. The molecule has 0 bridgehead atoms. The molecule has 2 heteroatoms. The van der Waals surface area contributed by atoms with Crippen LogP contribution in [0.4, 0.5) is 0 Å². The van der Waals surface area contributed by atoms with Gasteiger partial charge in [0.25, 0.3) is 0 Å². The summed E-state index contributed by atoms with van der Waals surface area (Å²) >= 11 is 2.47. The van der Waals surface area contributed by atoms with Gasteiger partial charge in [0.05, 0.1) is 0 Å². The van der Waals surface area contributed by atoms with Crippen LogP contribution in [0.3, 0.4) is 0 Å². The molecule has 1 rings (SSSR count). The van der Waals surface area contributed by atoms with Gasteiger partial charge >= 0.3 is 0 Å². The fourth-order valence-electron chi connectivity index (χ4n) is 2.03. The van der Waals surface area contributed by atoms with Crippen molar-refractivity contribution < 1.29 is 0 Å². The molecule has 0 aliphatic carbocycles. The van der Waals surface area contributed by atoms with Crippen LogP contribution >= 0.6 is 22.6 Å². The van der Waals surface area contributed by atoms with Crippen molar-refractivity contribution in [1.29, 1.82) is 0 Å². The van der Waals surface area contributed by atoms with E-state index in [1.165, 1.54) is 43.3 Å². The van der Waals surface area contributed by atoms with Crippen LogP contribution in [0, 0.1) is 5.41 Å². The molecular formula is C10H20IN. The molecule has 1 nitrogen and oxygen atoms in total. The number of alkyl halides is 1. The molecular weight excluding hydrogens is 261 g/mol. The average molecular weight is 281 g/mol. The number of rotatable bonds is 3. The van der Waals surface area contributed by atoms with Crippen LogP contribution in [0.25, 0.3) is 0 Å². The third kappa shape index (κ3) is 2.87. The summed E-state index contributed by atoms with van der Waals surface area (Å²) in [6.07, 6.45) is 4.17. The maximum absolute atomic E-state index is 2.62. The Morgan fingerprint density at radius 1 is 1.50 bits per heavy atom. The molecule has 1 fully saturated rings. The van der Waals surface area contributed by atoms with Crippen molar-refractivity contribution in [3.8, 4) is 0 Å². The lowest BCUT2D eigenvalue weighted by Crippen LogP contribution is -2.42. The van der Waals surface area contributed by atoms with Crippen molar-refractivity contribution in [2.24, 2.45) is 5.41 Å². The molecule has 1 aliphatic rings. The number of nitrogens with zero attached hydrogens (tertiary/aromatic N) is 1. The zero-order chi connectivity index (χ0) is 9.03. The molecule has 1 atom stereocenters. The number of piperidine rings is 1. The third-order valence-corrected chi connectivity index (χ3v) is 3.60. The molecule has 1 aliphatic heterocycles. The van der Waals surface area contributed by atoms with Gasteiger partial charge in [-0.2, -0.15) is 0 Å². The van der Waals surface area contributed by atoms with E-state index in [0.717, 1.165) is 0 Å². The zero-order valence-electron chi connectivity index (χ0n) is 8.27. The van der Waals surface area contributed by atoms with E-state index in [1.54, 1.807) is 0 Å². The minimum atomic E-state index is 0.615. The summed E-state index contributed by atoms with van der Waals surface area (Å²) in [7, 11) is 0. The zero-order valence-corrected chi connectivity index (χ0v) is 10.4. The molecule has 1 heterocycles. The molecule has 0 aromatic rings. The van der Waals surface area contributed by atoms with Crippen molar-refractivity contribution in [2.75, 3.05) is 24.1 Å². The Hall–Kier alpha value is 0.690. The SMILES string of the molecule is CCC1(C)CCCN(CCI)C1. The smallest absolute Gasteiger partial charge is 0.0123 e. The molecule has 0 saturated carbocycles. The van der Waals surface area contributed by atoms with Crippen LogP contribution in [-0.4, -0.2) is 29.0 Å². The molecule has 1 saturated heterocycles. The number of halogens is 1. The minimum absolute atomic E-state index is 0.615. The molecule has 1 unspecified atom stereocenters. The van der Waals surface area contributed by atoms with E-state index in [0.29, 0.717) is 5.41 Å². The van der Waals surface area contributed by atoms with Crippen molar-refractivity contribution >= 4 is 22.6 Å². The van der Waals surface area contributed by atoms with Gasteiger partial charge < -0.3 is 4.90 Å². The predicted octanol–water partition coefficient (Wildman–Crippen LogP) is 2.93. The van der Waals surface area contributed by atoms with Crippen LogP contribution in [0.5, 0.6) is 0 Å². The fraction of sp³-hybridized carbons (Fsp3) is 1.00. The van der Waals surface area contributed by atoms with Gasteiger partial charge in [-0.05, 0) is 31.2 Å². The molecule has 0 N–H and O–H groups in total. The van der Waals surface area contributed by atoms with Gasteiger partial charge in [0.1, 0.15) is 0 Å². The predicted molar refractivity (Wildman–Crippen MR) is 63.0 cm³/mol. The summed E-state index contributed by atoms with van der Waals surface area (Å²) in [6, 6.07) is 0. The third-order valence-electron chi connectivity index (χ3n) is 3.11. The quantitative estimate of drug-likeness (QED) is 0.568. The maximum Gasteiger partial charge on any atom is 0.0123 e. The Morgan fingerprint density at radius 2 is 2.25 bits per heavy atom. The fourth-order valence-corrected chi connectivity index (χ4v) is 2.71. The van der Waals surface area contributed by atoms with Gasteiger partial charge in [0.2, 0.25) is 0 Å². The highest BCUT2D eigenvalue weighted by Crippen LogP contribution is 2.32. The first-order valence-electron chi connectivity index (χ1n) is 4.98. The van der Waals surface area contributed by atoms with Gasteiger partial charge in [0, 0.05) is 17.5 Å². The van der Waals surface area contributed by atoms with Gasteiger partial charge in [0.15, 0.2) is 0 Å². The number of likely N-dealkylation sites (tertiary alicyclic amines) is 1.